The largest absolute Gasteiger partial charge is 0.497 e. The molecule has 6 aliphatic rings. The predicted molar refractivity (Wildman–Crippen MR) is 141 cm³/mol. The van der Waals surface area contributed by atoms with E-state index in [9.17, 15) is 27.9 Å². The van der Waals surface area contributed by atoms with Crippen molar-refractivity contribution in [3.8, 4) is 5.75 Å². The number of fused-ring (bicyclic) bond motifs is 3. The number of ether oxygens (including phenoxy) is 2. The molecule has 42 heavy (non-hydrogen) atoms. The molecule has 4 aliphatic carbocycles. The second-order valence-corrected chi connectivity index (χ2v) is 13.1. The lowest BCUT2D eigenvalue weighted by atomic mass is 9.36. The minimum atomic E-state index is -4.96. The zero-order chi connectivity index (χ0) is 29.2. The number of carboxylic acid groups (broad SMARTS) is 1. The molecule has 0 radical (unpaired) electrons. The summed E-state index contributed by atoms with van der Waals surface area (Å²) in [5, 5.41) is 13.0. The van der Waals surface area contributed by atoms with E-state index in [-0.39, 0.29) is 28.6 Å². The van der Waals surface area contributed by atoms with Crippen LogP contribution in [0.3, 0.4) is 0 Å². The molecule has 5 fully saturated rings. The van der Waals surface area contributed by atoms with Crippen LogP contribution >= 0.6 is 0 Å². The number of carbonyl (C=O) groups is 2. The van der Waals surface area contributed by atoms with Crippen LogP contribution in [0.15, 0.2) is 24.4 Å². The van der Waals surface area contributed by atoms with E-state index in [2.05, 4.69) is 15.3 Å². The maximum atomic E-state index is 14.5. The van der Waals surface area contributed by atoms with Gasteiger partial charge >= 0.3 is 12.1 Å². The zero-order valence-electron chi connectivity index (χ0n) is 23.0. The molecule has 2 bridgehead atoms. The van der Waals surface area contributed by atoms with Crippen molar-refractivity contribution in [3.05, 3.63) is 41.2 Å². The van der Waals surface area contributed by atoms with E-state index in [1.54, 1.807) is 24.1 Å². The van der Waals surface area contributed by atoms with Gasteiger partial charge in [0.25, 0.3) is 5.91 Å². The summed E-state index contributed by atoms with van der Waals surface area (Å²) in [6.45, 7) is 1.40. The Balaban J connectivity index is 1.15. The highest BCUT2D eigenvalue weighted by Crippen LogP contribution is 2.83. The normalized spacial score (nSPS) is 34.8. The average molecular weight is 585 g/mol. The summed E-state index contributed by atoms with van der Waals surface area (Å²) in [5.74, 6) is -1.39. The molecule has 6 atom stereocenters. The number of nitrogens with zero attached hydrogens (tertiary/aromatic N) is 3. The number of nitrogens with one attached hydrogen (secondary N) is 1. The fraction of sp³-hybridized carbons (Fsp3) is 0.600. The van der Waals surface area contributed by atoms with Gasteiger partial charge in [-0.3, -0.25) is 4.79 Å². The zero-order valence-corrected chi connectivity index (χ0v) is 23.0. The van der Waals surface area contributed by atoms with Crippen LogP contribution in [0, 0.1) is 29.1 Å². The first-order chi connectivity index (χ1) is 20.0. The van der Waals surface area contributed by atoms with Gasteiger partial charge in [0.1, 0.15) is 11.3 Å². The minimum absolute atomic E-state index is 0.0739. The molecule has 4 saturated carbocycles. The van der Waals surface area contributed by atoms with Crippen molar-refractivity contribution in [2.24, 2.45) is 29.1 Å². The van der Waals surface area contributed by atoms with Crippen molar-refractivity contribution >= 4 is 23.5 Å². The lowest BCUT2D eigenvalue weighted by Gasteiger charge is -2.69. The number of halogens is 3. The third-order valence-corrected chi connectivity index (χ3v) is 11.8. The number of anilines is 2. The van der Waals surface area contributed by atoms with Gasteiger partial charge in [-0.2, -0.15) is 13.2 Å². The second kappa shape index (κ2) is 8.36. The van der Waals surface area contributed by atoms with Crippen molar-refractivity contribution in [2.45, 2.75) is 55.7 Å². The van der Waals surface area contributed by atoms with Gasteiger partial charge in [-0.05, 0) is 91.4 Å². The van der Waals surface area contributed by atoms with Crippen LogP contribution in [-0.2, 0) is 21.1 Å². The third-order valence-electron chi connectivity index (χ3n) is 11.8. The number of benzene rings is 1. The summed E-state index contributed by atoms with van der Waals surface area (Å²) >= 11 is 0. The summed E-state index contributed by atoms with van der Waals surface area (Å²) in [4.78, 5) is 36.2. The Morgan fingerprint density at radius 1 is 1.14 bits per heavy atom. The molecule has 1 aromatic carbocycles. The predicted octanol–water partition coefficient (Wildman–Crippen LogP) is 4.32. The maximum absolute atomic E-state index is 14.5. The Labute approximate surface area is 239 Å². The first-order valence-electron chi connectivity index (χ1n) is 14.6. The lowest BCUT2D eigenvalue weighted by molar-refractivity contribution is -0.209. The van der Waals surface area contributed by atoms with Crippen molar-refractivity contribution in [1.29, 1.82) is 0 Å². The van der Waals surface area contributed by atoms with Gasteiger partial charge < -0.3 is 24.8 Å². The van der Waals surface area contributed by atoms with Crippen LogP contribution in [0.25, 0.3) is 0 Å². The topological polar surface area (TPSA) is 114 Å². The number of alkyl halides is 3. The number of hydrogen-bond acceptors (Lipinski definition) is 7. The number of hydrogen-bond donors (Lipinski definition) is 2. The second-order valence-electron chi connectivity index (χ2n) is 13.1. The number of aromatic nitrogens is 2. The van der Waals surface area contributed by atoms with Gasteiger partial charge in [0.15, 0.2) is 5.69 Å². The summed E-state index contributed by atoms with van der Waals surface area (Å²) < 4.78 is 54.5. The Morgan fingerprint density at radius 3 is 2.55 bits per heavy atom. The van der Waals surface area contributed by atoms with Crippen LogP contribution in [0.5, 0.6) is 5.75 Å². The highest BCUT2D eigenvalue weighted by molar-refractivity contribution is 5.99. The highest BCUT2D eigenvalue weighted by Gasteiger charge is 2.83. The Kier molecular flexibility index (Phi) is 5.22. The standard InChI is InChI=1S/C30H31F3N4O5/c1-41-18-2-3-21-20(11-18)27(4-6-42-7-5-27)14-37(21)26-34-13-19(23(35-26)30(31,32)33)24(38)36-29(25(39)40)17-9-15-8-16-10-22(29)28(15,16)12-17/h2-3,11,13,15-17,22H,4-10,12,14H2,1H3,(H,36,38)(H,39,40). The fourth-order valence-electron chi connectivity index (χ4n) is 9.92. The molecule has 1 amide bonds. The molecule has 2 aliphatic heterocycles. The van der Waals surface area contributed by atoms with Gasteiger partial charge in [-0.25, -0.2) is 14.8 Å². The van der Waals surface area contributed by atoms with Crippen LogP contribution in [0.2, 0.25) is 0 Å². The monoisotopic (exact) mass is 584 g/mol. The van der Waals surface area contributed by atoms with Gasteiger partial charge in [0.05, 0.1) is 12.7 Å². The van der Waals surface area contributed by atoms with E-state index in [0.29, 0.717) is 75.1 Å². The Hall–Kier alpha value is -3.41. The van der Waals surface area contributed by atoms with E-state index in [1.807, 2.05) is 6.07 Å². The van der Waals surface area contributed by atoms with E-state index < -0.39 is 34.8 Å². The average Bonchev–Trinajstić information content (AvgIpc) is 3.56. The number of methoxy groups -OCH3 is 1. The van der Waals surface area contributed by atoms with Crippen molar-refractivity contribution in [2.75, 3.05) is 31.8 Å². The summed E-state index contributed by atoms with van der Waals surface area (Å²) in [6, 6.07) is 5.44. The van der Waals surface area contributed by atoms with Crippen molar-refractivity contribution in [3.63, 3.8) is 0 Å². The molecule has 1 aromatic heterocycles. The van der Waals surface area contributed by atoms with Gasteiger partial charge in [0, 0.05) is 37.1 Å². The fourth-order valence-corrected chi connectivity index (χ4v) is 9.92. The molecule has 2 aromatic rings. The molecule has 222 valence electrons. The first kappa shape index (κ1) is 26.2. The Bertz CT molecular complexity index is 1530. The van der Waals surface area contributed by atoms with Crippen molar-refractivity contribution in [1.82, 2.24) is 15.3 Å². The van der Waals surface area contributed by atoms with Crippen LogP contribution in [-0.4, -0.2) is 59.4 Å². The van der Waals surface area contributed by atoms with Crippen molar-refractivity contribution < 1.29 is 37.3 Å². The highest BCUT2D eigenvalue weighted by atomic mass is 19.4. The molecule has 6 unspecified atom stereocenters. The van der Waals surface area contributed by atoms with E-state index in [1.165, 1.54) is 0 Å². The molecule has 8 rings (SSSR count). The van der Waals surface area contributed by atoms with Gasteiger partial charge in [-0.1, -0.05) is 0 Å². The van der Waals surface area contributed by atoms with Crippen LogP contribution in [0.1, 0.15) is 60.1 Å². The number of carbonyl (C=O) groups excluding carboxylic acids is 1. The molecular formula is C30H31F3N4O5. The smallest absolute Gasteiger partial charge is 0.434 e. The molecule has 1 saturated heterocycles. The quantitative estimate of drug-likeness (QED) is 0.534. The molecule has 2 N–H and O–H groups in total. The number of carboxylic acids is 1. The molecule has 3 heterocycles. The van der Waals surface area contributed by atoms with E-state index >= 15 is 0 Å². The molecule has 12 heteroatoms. The summed E-state index contributed by atoms with van der Waals surface area (Å²) in [7, 11) is 1.56. The molecular weight excluding hydrogens is 553 g/mol. The van der Waals surface area contributed by atoms with Gasteiger partial charge in [-0.15, -0.1) is 0 Å². The van der Waals surface area contributed by atoms with Crippen LogP contribution < -0.4 is 15.0 Å². The third kappa shape index (κ3) is 3.13. The maximum Gasteiger partial charge on any atom is 0.434 e. The number of rotatable bonds is 5. The van der Waals surface area contributed by atoms with E-state index in [4.69, 9.17) is 9.47 Å². The number of amides is 1. The number of aliphatic carboxylic acids is 1. The Morgan fingerprint density at radius 2 is 1.88 bits per heavy atom. The van der Waals surface area contributed by atoms with E-state index in [0.717, 1.165) is 18.2 Å². The van der Waals surface area contributed by atoms with Gasteiger partial charge in [0.2, 0.25) is 5.95 Å². The SMILES string of the molecule is COc1ccc2c(c1)C1(CCOCC1)CN2c1ncc(C(=O)NC2(C(=O)O)C3CC4CC5CC2C45C3)c(C(F)(F)F)n1. The minimum Gasteiger partial charge on any atom is -0.497 e. The summed E-state index contributed by atoms with van der Waals surface area (Å²) in [5.41, 5.74) is -2.51. The first-order valence-corrected chi connectivity index (χ1v) is 14.6. The molecule has 2 spiro atoms. The molecule has 9 nitrogen and oxygen atoms in total. The van der Waals surface area contributed by atoms with Crippen LogP contribution in [0.4, 0.5) is 24.8 Å². The summed E-state index contributed by atoms with van der Waals surface area (Å²) in [6.07, 6.45) is 0.472. The lowest BCUT2D eigenvalue weighted by Crippen LogP contribution is -2.73.